The van der Waals surface area contributed by atoms with Crippen molar-refractivity contribution in [2.24, 2.45) is 0 Å². The van der Waals surface area contributed by atoms with E-state index < -0.39 is 0 Å². The molecule has 4 nitrogen and oxygen atoms in total. The summed E-state index contributed by atoms with van der Waals surface area (Å²) in [5, 5.41) is 2.22. The first kappa shape index (κ1) is 24.4. The zero-order valence-electron chi connectivity index (χ0n) is 23.3. The van der Waals surface area contributed by atoms with Crippen molar-refractivity contribution in [2.75, 3.05) is 0 Å². The zero-order chi connectivity index (χ0) is 26.8. The molecule has 0 saturated carbocycles. The second-order valence-corrected chi connectivity index (χ2v) is 12.0. The van der Waals surface area contributed by atoms with Gasteiger partial charge in [-0.15, -0.1) is 0 Å². The molecule has 0 aliphatic carbocycles. The Bertz CT molecular complexity index is 1790. The molecule has 0 fully saturated rings. The number of imidazole rings is 1. The standard InChI is InChI=1S/C34H35N3O/c1-20(2)22-13-10-14-23(21(3)4)31(22)37-28-19-35-18-27(34(5,6)7)30(28)36-33(37)26-16-11-15-25-24-12-8-9-17-29(24)38-32(25)26/h8-21H,1-7H3. The van der Waals surface area contributed by atoms with Gasteiger partial charge in [0.15, 0.2) is 0 Å². The van der Waals surface area contributed by atoms with Crippen molar-refractivity contribution in [3.05, 3.63) is 89.7 Å². The van der Waals surface area contributed by atoms with Gasteiger partial charge in [-0.25, -0.2) is 4.98 Å². The Kier molecular flexibility index (Phi) is 5.68. The van der Waals surface area contributed by atoms with Crippen molar-refractivity contribution in [1.29, 1.82) is 0 Å². The van der Waals surface area contributed by atoms with E-state index in [4.69, 9.17) is 14.4 Å². The van der Waals surface area contributed by atoms with Gasteiger partial charge >= 0.3 is 0 Å². The Balaban J connectivity index is 1.81. The number of pyridine rings is 1. The molecule has 6 aromatic rings. The van der Waals surface area contributed by atoms with Gasteiger partial charge < -0.3 is 4.42 Å². The Morgan fingerprint density at radius 1 is 0.763 bits per heavy atom. The summed E-state index contributed by atoms with van der Waals surface area (Å²) < 4.78 is 8.86. The van der Waals surface area contributed by atoms with Crippen molar-refractivity contribution < 1.29 is 4.42 Å². The molecule has 0 N–H and O–H groups in total. The third-order valence-electron chi connectivity index (χ3n) is 7.59. The minimum Gasteiger partial charge on any atom is -0.455 e. The Morgan fingerprint density at radius 2 is 1.42 bits per heavy atom. The van der Waals surface area contributed by atoms with Crippen molar-refractivity contribution in [3.8, 4) is 17.1 Å². The molecule has 0 aliphatic heterocycles. The molecule has 4 heteroatoms. The van der Waals surface area contributed by atoms with Crippen LogP contribution >= 0.6 is 0 Å². The van der Waals surface area contributed by atoms with Crippen LogP contribution in [0, 0.1) is 0 Å². The molecule has 192 valence electrons. The second kappa shape index (κ2) is 8.83. The number of hydrogen-bond acceptors (Lipinski definition) is 3. The molecule has 0 amide bonds. The quantitative estimate of drug-likeness (QED) is 0.241. The Morgan fingerprint density at radius 3 is 2.11 bits per heavy atom. The molecule has 3 aromatic heterocycles. The maximum absolute atomic E-state index is 6.51. The van der Waals surface area contributed by atoms with Crippen LogP contribution < -0.4 is 0 Å². The van der Waals surface area contributed by atoms with Gasteiger partial charge in [-0.2, -0.15) is 0 Å². The zero-order valence-corrected chi connectivity index (χ0v) is 23.3. The molecule has 6 rings (SSSR count). The van der Waals surface area contributed by atoms with Gasteiger partial charge in [0, 0.05) is 22.5 Å². The minimum absolute atomic E-state index is 0.104. The van der Waals surface area contributed by atoms with Crippen LogP contribution in [-0.4, -0.2) is 14.5 Å². The summed E-state index contributed by atoms with van der Waals surface area (Å²) in [4.78, 5) is 10.1. The van der Waals surface area contributed by atoms with E-state index in [0.717, 1.165) is 49.9 Å². The number of hydrogen-bond donors (Lipinski definition) is 0. The maximum atomic E-state index is 6.51. The molecule has 0 bridgehead atoms. The average Bonchev–Trinajstić information content (AvgIpc) is 3.46. The van der Waals surface area contributed by atoms with E-state index in [1.165, 1.54) is 16.8 Å². The molecule has 0 unspecified atom stereocenters. The first-order chi connectivity index (χ1) is 18.2. The first-order valence-corrected chi connectivity index (χ1v) is 13.6. The van der Waals surface area contributed by atoms with Gasteiger partial charge in [-0.1, -0.05) is 97.0 Å². The van der Waals surface area contributed by atoms with Gasteiger partial charge in [0.1, 0.15) is 17.0 Å². The lowest BCUT2D eigenvalue weighted by molar-refractivity contribution is 0.592. The summed E-state index contributed by atoms with van der Waals surface area (Å²) in [6.45, 7) is 15.7. The lowest BCUT2D eigenvalue weighted by Gasteiger charge is -2.23. The highest BCUT2D eigenvalue weighted by atomic mass is 16.3. The summed E-state index contributed by atoms with van der Waals surface area (Å²) in [7, 11) is 0. The summed E-state index contributed by atoms with van der Waals surface area (Å²) >= 11 is 0. The number of aromatic nitrogens is 3. The minimum atomic E-state index is -0.104. The van der Waals surface area contributed by atoms with Crippen LogP contribution in [0.4, 0.5) is 0 Å². The molecular formula is C34H35N3O. The summed E-state index contributed by atoms with van der Waals surface area (Å²) in [6.07, 6.45) is 3.95. The molecular weight excluding hydrogens is 466 g/mol. The molecule has 38 heavy (non-hydrogen) atoms. The predicted octanol–water partition coefficient (Wildman–Crippen LogP) is 9.53. The summed E-state index contributed by atoms with van der Waals surface area (Å²) in [5.74, 6) is 1.57. The average molecular weight is 502 g/mol. The van der Waals surface area contributed by atoms with Gasteiger partial charge in [0.05, 0.1) is 28.5 Å². The molecule has 0 spiro atoms. The van der Waals surface area contributed by atoms with Crippen LogP contribution in [0.2, 0.25) is 0 Å². The highest BCUT2D eigenvalue weighted by Gasteiger charge is 2.27. The first-order valence-electron chi connectivity index (χ1n) is 13.6. The molecule has 3 aromatic carbocycles. The number of rotatable bonds is 4. The van der Waals surface area contributed by atoms with E-state index in [0.29, 0.717) is 11.8 Å². The Labute approximate surface area is 224 Å². The molecule has 0 aliphatic rings. The fourth-order valence-electron chi connectivity index (χ4n) is 5.64. The SMILES string of the molecule is CC(C)c1cccc(C(C)C)c1-n1c(-c2cccc3c2oc2ccccc23)nc2c(C(C)(C)C)cncc21. The smallest absolute Gasteiger partial charge is 0.149 e. The highest BCUT2D eigenvalue weighted by Crippen LogP contribution is 2.42. The van der Waals surface area contributed by atoms with Crippen molar-refractivity contribution >= 4 is 33.0 Å². The van der Waals surface area contributed by atoms with E-state index in [1.807, 2.05) is 24.5 Å². The fraction of sp³-hybridized carbons (Fsp3) is 0.294. The highest BCUT2D eigenvalue weighted by molar-refractivity contribution is 6.09. The number of nitrogens with zero attached hydrogens (tertiary/aromatic N) is 3. The van der Waals surface area contributed by atoms with Crippen LogP contribution in [0.3, 0.4) is 0 Å². The third-order valence-corrected chi connectivity index (χ3v) is 7.59. The van der Waals surface area contributed by atoms with Crippen LogP contribution in [0.5, 0.6) is 0 Å². The predicted molar refractivity (Wildman–Crippen MR) is 158 cm³/mol. The van der Waals surface area contributed by atoms with Crippen LogP contribution in [0.25, 0.3) is 50.0 Å². The van der Waals surface area contributed by atoms with E-state index in [2.05, 4.69) is 102 Å². The largest absolute Gasteiger partial charge is 0.455 e. The summed E-state index contributed by atoms with van der Waals surface area (Å²) in [5.41, 5.74) is 9.60. The van der Waals surface area contributed by atoms with Gasteiger partial charge in [-0.3, -0.25) is 9.55 Å². The van der Waals surface area contributed by atoms with Gasteiger partial charge in [0.25, 0.3) is 0 Å². The number of furan rings is 1. The second-order valence-electron chi connectivity index (χ2n) is 12.0. The molecule has 3 heterocycles. The van der Waals surface area contributed by atoms with Crippen molar-refractivity contribution in [1.82, 2.24) is 14.5 Å². The van der Waals surface area contributed by atoms with Gasteiger partial charge in [-0.05, 0) is 40.5 Å². The number of fused-ring (bicyclic) bond motifs is 4. The van der Waals surface area contributed by atoms with E-state index in [1.54, 1.807) is 0 Å². The summed E-state index contributed by atoms with van der Waals surface area (Å²) in [6, 6.07) is 21.3. The van der Waals surface area contributed by atoms with Crippen molar-refractivity contribution in [3.63, 3.8) is 0 Å². The molecule has 0 saturated heterocycles. The van der Waals surface area contributed by atoms with E-state index in [-0.39, 0.29) is 5.41 Å². The normalized spacial score (nSPS) is 12.6. The third kappa shape index (κ3) is 3.74. The van der Waals surface area contributed by atoms with Crippen LogP contribution in [0.15, 0.2) is 77.5 Å². The van der Waals surface area contributed by atoms with Crippen LogP contribution in [-0.2, 0) is 5.41 Å². The maximum Gasteiger partial charge on any atom is 0.149 e. The van der Waals surface area contributed by atoms with Gasteiger partial charge in [0.2, 0.25) is 0 Å². The van der Waals surface area contributed by atoms with E-state index in [9.17, 15) is 0 Å². The van der Waals surface area contributed by atoms with Crippen LogP contribution in [0.1, 0.15) is 77.0 Å². The Hall–Kier alpha value is -3.92. The number of para-hydroxylation sites is 3. The lowest BCUT2D eigenvalue weighted by Crippen LogP contribution is -2.12. The molecule has 0 atom stereocenters. The lowest BCUT2D eigenvalue weighted by atomic mass is 9.87. The van der Waals surface area contributed by atoms with Crippen molar-refractivity contribution in [2.45, 2.75) is 65.7 Å². The molecule has 0 radical (unpaired) electrons. The fourth-order valence-corrected chi connectivity index (χ4v) is 5.64. The number of benzene rings is 3. The topological polar surface area (TPSA) is 43.9 Å². The monoisotopic (exact) mass is 501 g/mol. The van der Waals surface area contributed by atoms with E-state index >= 15 is 0 Å².